The molecule has 9 heteroatoms. The molecule has 0 saturated heterocycles. The van der Waals surface area contributed by atoms with Gasteiger partial charge < -0.3 is 19.5 Å². The van der Waals surface area contributed by atoms with Crippen molar-refractivity contribution in [3.63, 3.8) is 0 Å². The van der Waals surface area contributed by atoms with Crippen LogP contribution in [0.25, 0.3) is 22.2 Å². The van der Waals surface area contributed by atoms with Crippen molar-refractivity contribution >= 4 is 26.6 Å². The minimum absolute atomic E-state index is 0.0283. The second kappa shape index (κ2) is 10.1. The van der Waals surface area contributed by atoms with Crippen LogP contribution < -0.4 is 9.46 Å². The minimum Gasteiger partial charge on any atom is -0.491 e. The maximum absolute atomic E-state index is 12.1. The zero-order chi connectivity index (χ0) is 24.3. The van der Waals surface area contributed by atoms with Gasteiger partial charge in [-0.15, -0.1) is 0 Å². The number of nitrogens with one attached hydrogen (secondary N) is 1. The maximum atomic E-state index is 12.1. The first-order valence-electron chi connectivity index (χ1n) is 11.5. The Hall–Kier alpha value is -3.06. The molecule has 2 aromatic carbocycles. The predicted molar refractivity (Wildman–Crippen MR) is 131 cm³/mol. The zero-order valence-corrected chi connectivity index (χ0v) is 19.9. The van der Waals surface area contributed by atoms with E-state index in [-0.39, 0.29) is 25.0 Å². The van der Waals surface area contributed by atoms with Gasteiger partial charge in [-0.2, -0.15) is 5.26 Å². The second-order valence-electron chi connectivity index (χ2n) is 8.61. The fourth-order valence-corrected chi connectivity index (χ4v) is 5.38. The number of nitrogens with zero attached hydrogens (tertiary/aromatic N) is 2. The molecule has 3 aromatic rings. The lowest BCUT2D eigenvalue weighted by molar-refractivity contribution is 0.0536. The van der Waals surface area contributed by atoms with E-state index >= 15 is 0 Å². The van der Waals surface area contributed by atoms with Gasteiger partial charge in [0.25, 0.3) is 0 Å². The first-order chi connectivity index (χ1) is 16.4. The number of sulfonamides is 1. The van der Waals surface area contributed by atoms with Gasteiger partial charge in [0.1, 0.15) is 24.5 Å². The molecule has 0 bridgehead atoms. The highest BCUT2D eigenvalue weighted by Crippen LogP contribution is 2.43. The van der Waals surface area contributed by atoms with E-state index in [0.29, 0.717) is 23.4 Å². The largest absolute Gasteiger partial charge is 0.491 e. The van der Waals surface area contributed by atoms with Crippen molar-refractivity contribution in [1.82, 2.24) is 4.57 Å². The third-order valence-electron chi connectivity index (χ3n) is 6.09. The summed E-state index contributed by atoms with van der Waals surface area (Å²) in [5.74, 6) is 0.609. The number of hydrogen-bond donors (Lipinski definition) is 3. The Morgan fingerprint density at radius 1 is 1.24 bits per heavy atom. The highest BCUT2D eigenvalue weighted by molar-refractivity contribution is 7.92. The Morgan fingerprint density at radius 3 is 2.56 bits per heavy atom. The summed E-state index contributed by atoms with van der Waals surface area (Å²) in [5, 5.41) is 29.5. The van der Waals surface area contributed by atoms with Crippen LogP contribution in [0.3, 0.4) is 0 Å². The molecule has 0 spiro atoms. The fourth-order valence-electron chi connectivity index (χ4n) is 4.24. The molecular weight excluding hydrogens is 454 g/mol. The van der Waals surface area contributed by atoms with Gasteiger partial charge in [0.15, 0.2) is 0 Å². The highest BCUT2D eigenvalue weighted by Gasteiger charge is 2.28. The standard InChI is InChI=1S/C25H29N3O5S/c1-2-12-34(31,32)27-18-8-6-17(7-9-18)25-23(14-26)22-11-10-21(33-16-20(30)15-29)13-24(22)28(25)19-4-3-5-19/h6-11,13,19-20,27,29-30H,2-5,12,15-16H2,1H3/t20-/m0/s1. The van der Waals surface area contributed by atoms with E-state index in [1.807, 2.05) is 31.2 Å². The molecule has 3 N–H and O–H groups in total. The lowest BCUT2D eigenvalue weighted by atomic mass is 9.92. The van der Waals surface area contributed by atoms with Gasteiger partial charge in [0.05, 0.1) is 29.1 Å². The molecule has 180 valence electrons. The molecule has 0 amide bonds. The smallest absolute Gasteiger partial charge is 0.232 e. The number of fused-ring (bicyclic) bond motifs is 1. The van der Waals surface area contributed by atoms with E-state index in [1.54, 1.807) is 18.2 Å². The van der Waals surface area contributed by atoms with Gasteiger partial charge in [-0.25, -0.2) is 8.42 Å². The normalized spacial score (nSPS) is 15.0. The van der Waals surface area contributed by atoms with E-state index in [4.69, 9.17) is 9.84 Å². The van der Waals surface area contributed by atoms with Crippen LogP contribution in [0.4, 0.5) is 5.69 Å². The summed E-state index contributed by atoms with van der Waals surface area (Å²) < 4.78 is 34.6. The van der Waals surface area contributed by atoms with Crippen LogP contribution in [0.15, 0.2) is 42.5 Å². The van der Waals surface area contributed by atoms with E-state index in [1.165, 1.54) is 0 Å². The van der Waals surface area contributed by atoms with E-state index in [9.17, 15) is 18.8 Å². The second-order valence-corrected chi connectivity index (χ2v) is 10.5. The molecule has 1 atom stereocenters. The lowest BCUT2D eigenvalue weighted by Gasteiger charge is -2.30. The molecule has 0 unspecified atom stereocenters. The van der Waals surface area contributed by atoms with Crippen LogP contribution in [0.2, 0.25) is 0 Å². The number of hydrogen-bond acceptors (Lipinski definition) is 6. The topological polar surface area (TPSA) is 125 Å². The summed E-state index contributed by atoms with van der Waals surface area (Å²) in [5.41, 5.74) is 3.55. The monoisotopic (exact) mass is 483 g/mol. The Morgan fingerprint density at radius 2 is 1.97 bits per heavy atom. The highest BCUT2D eigenvalue weighted by atomic mass is 32.2. The minimum atomic E-state index is -3.39. The zero-order valence-electron chi connectivity index (χ0n) is 19.1. The van der Waals surface area contributed by atoms with Crippen molar-refractivity contribution in [2.75, 3.05) is 23.7 Å². The molecule has 8 nitrogen and oxygen atoms in total. The molecule has 1 saturated carbocycles. The molecule has 1 aromatic heterocycles. The summed E-state index contributed by atoms with van der Waals surface area (Å²) in [6.45, 7) is 1.41. The number of rotatable bonds is 10. The molecule has 1 aliphatic carbocycles. The van der Waals surface area contributed by atoms with E-state index < -0.39 is 16.1 Å². The number of nitriles is 1. The molecule has 1 heterocycles. The average Bonchev–Trinajstić information content (AvgIpc) is 3.09. The molecular formula is C25H29N3O5S. The molecule has 0 aliphatic heterocycles. The Labute approximate surface area is 199 Å². The Bertz CT molecular complexity index is 1310. The number of anilines is 1. The van der Waals surface area contributed by atoms with E-state index in [2.05, 4.69) is 15.4 Å². The van der Waals surface area contributed by atoms with Gasteiger partial charge in [-0.05, 0) is 55.5 Å². The van der Waals surface area contributed by atoms with Gasteiger partial charge in [0, 0.05) is 23.2 Å². The van der Waals surface area contributed by atoms with Crippen LogP contribution in [0.5, 0.6) is 5.75 Å². The molecule has 34 heavy (non-hydrogen) atoms. The van der Waals surface area contributed by atoms with Crippen molar-refractivity contribution in [3.8, 4) is 23.1 Å². The van der Waals surface area contributed by atoms with Gasteiger partial charge in [-0.1, -0.05) is 19.1 Å². The third-order valence-corrected chi connectivity index (χ3v) is 7.58. The van der Waals surface area contributed by atoms with Gasteiger partial charge >= 0.3 is 0 Å². The van der Waals surface area contributed by atoms with Crippen molar-refractivity contribution in [3.05, 3.63) is 48.0 Å². The summed E-state index contributed by atoms with van der Waals surface area (Å²) in [6.07, 6.45) is 2.69. The van der Waals surface area contributed by atoms with E-state index in [0.717, 1.165) is 41.4 Å². The SMILES string of the molecule is CCCS(=O)(=O)Nc1ccc(-c2c(C#N)c3ccc(OC[C@@H](O)CO)cc3n2C2CCC2)cc1. The number of benzene rings is 2. The van der Waals surface area contributed by atoms with Crippen molar-refractivity contribution in [1.29, 1.82) is 5.26 Å². The quantitative estimate of drug-likeness (QED) is 0.403. The molecule has 0 radical (unpaired) electrons. The number of aromatic nitrogens is 1. The van der Waals surface area contributed by atoms with Crippen LogP contribution >= 0.6 is 0 Å². The predicted octanol–water partition coefficient (Wildman–Crippen LogP) is 3.79. The average molecular weight is 484 g/mol. The summed E-state index contributed by atoms with van der Waals surface area (Å²) in [6, 6.07) is 15.2. The summed E-state index contributed by atoms with van der Waals surface area (Å²) >= 11 is 0. The van der Waals surface area contributed by atoms with Crippen molar-refractivity contribution < 1.29 is 23.4 Å². The summed E-state index contributed by atoms with van der Waals surface area (Å²) in [4.78, 5) is 0. The van der Waals surface area contributed by atoms with Crippen molar-refractivity contribution in [2.24, 2.45) is 0 Å². The van der Waals surface area contributed by atoms with Crippen LogP contribution in [-0.2, 0) is 10.0 Å². The van der Waals surface area contributed by atoms with Crippen molar-refractivity contribution in [2.45, 2.75) is 44.8 Å². The number of aliphatic hydroxyl groups excluding tert-OH is 2. The van der Waals surface area contributed by atoms with Gasteiger partial charge in [0.2, 0.25) is 10.0 Å². The lowest BCUT2D eigenvalue weighted by Crippen LogP contribution is -2.21. The Kier molecular flexibility index (Phi) is 7.12. The number of ether oxygens (including phenoxy) is 1. The van der Waals surface area contributed by atoms with Crippen LogP contribution in [0, 0.1) is 11.3 Å². The third kappa shape index (κ3) is 4.89. The molecule has 1 fully saturated rings. The van der Waals surface area contributed by atoms with Gasteiger partial charge in [-0.3, -0.25) is 4.72 Å². The Balaban J connectivity index is 1.76. The van der Waals surface area contributed by atoms with Crippen LogP contribution in [-0.4, -0.2) is 48.3 Å². The first-order valence-corrected chi connectivity index (χ1v) is 13.1. The molecule has 4 rings (SSSR count). The molecule has 1 aliphatic rings. The maximum Gasteiger partial charge on any atom is 0.232 e. The fraction of sp³-hybridized carbons (Fsp3) is 0.400. The summed E-state index contributed by atoms with van der Waals surface area (Å²) in [7, 11) is -3.39. The number of aliphatic hydroxyl groups is 2. The first kappa shape index (κ1) is 24.1. The van der Waals surface area contributed by atoms with Crippen LogP contribution in [0.1, 0.15) is 44.2 Å².